The summed E-state index contributed by atoms with van der Waals surface area (Å²) in [5.74, 6) is 0.173. The highest BCUT2D eigenvalue weighted by atomic mass is 16.6. The van der Waals surface area contributed by atoms with Gasteiger partial charge in [0.25, 0.3) is 0 Å². The number of amides is 1. The molecular formula is C16H19N5O2. The van der Waals surface area contributed by atoms with Crippen molar-refractivity contribution in [2.24, 2.45) is 0 Å². The minimum absolute atomic E-state index is 0.173. The molecule has 23 heavy (non-hydrogen) atoms. The van der Waals surface area contributed by atoms with E-state index >= 15 is 0 Å². The zero-order chi connectivity index (χ0) is 16.9. The predicted octanol–water partition coefficient (Wildman–Crippen LogP) is 2.97. The van der Waals surface area contributed by atoms with Gasteiger partial charge in [0.2, 0.25) is 5.95 Å². The number of carbonyl (C=O) groups excluding carboxylic acids is 1. The lowest BCUT2D eigenvalue weighted by Crippen LogP contribution is -2.27. The van der Waals surface area contributed by atoms with Crippen molar-refractivity contribution >= 4 is 29.9 Å². The summed E-state index contributed by atoms with van der Waals surface area (Å²) in [4.78, 5) is 23.9. The quantitative estimate of drug-likeness (QED) is 0.903. The number of hydrogen-bond acceptors (Lipinski definition) is 6. The summed E-state index contributed by atoms with van der Waals surface area (Å²) in [5.41, 5.74) is 7.16. The molecule has 0 spiro atoms. The van der Waals surface area contributed by atoms with Crippen molar-refractivity contribution in [2.75, 3.05) is 11.1 Å². The SMILES string of the molecule is CC(C)(C)OC(=O)Nc1nccc(/C=C/c2cncc(N)c2)n1. The van der Waals surface area contributed by atoms with Crippen molar-refractivity contribution in [1.29, 1.82) is 0 Å². The highest BCUT2D eigenvalue weighted by Gasteiger charge is 2.16. The number of anilines is 2. The highest BCUT2D eigenvalue weighted by molar-refractivity contribution is 5.82. The van der Waals surface area contributed by atoms with Gasteiger partial charge in [0.15, 0.2) is 0 Å². The summed E-state index contributed by atoms with van der Waals surface area (Å²) in [7, 11) is 0. The first-order valence-electron chi connectivity index (χ1n) is 7.03. The first-order chi connectivity index (χ1) is 10.8. The van der Waals surface area contributed by atoms with Gasteiger partial charge in [-0.2, -0.15) is 0 Å². The van der Waals surface area contributed by atoms with Crippen molar-refractivity contribution < 1.29 is 9.53 Å². The molecule has 0 aromatic carbocycles. The third-order valence-corrected chi connectivity index (χ3v) is 2.52. The molecule has 0 radical (unpaired) electrons. The zero-order valence-electron chi connectivity index (χ0n) is 13.3. The summed E-state index contributed by atoms with van der Waals surface area (Å²) < 4.78 is 5.15. The van der Waals surface area contributed by atoms with Crippen molar-refractivity contribution in [1.82, 2.24) is 15.0 Å². The molecular weight excluding hydrogens is 294 g/mol. The molecule has 1 amide bonds. The monoisotopic (exact) mass is 313 g/mol. The van der Waals surface area contributed by atoms with E-state index in [1.165, 1.54) is 0 Å². The van der Waals surface area contributed by atoms with Crippen LogP contribution in [0.4, 0.5) is 16.4 Å². The highest BCUT2D eigenvalue weighted by Crippen LogP contribution is 2.11. The number of rotatable bonds is 3. The summed E-state index contributed by atoms with van der Waals surface area (Å²) in [5, 5.41) is 2.50. The van der Waals surface area contributed by atoms with E-state index in [0.29, 0.717) is 11.4 Å². The van der Waals surface area contributed by atoms with Gasteiger partial charge < -0.3 is 10.5 Å². The van der Waals surface area contributed by atoms with Crippen LogP contribution in [-0.4, -0.2) is 26.6 Å². The Morgan fingerprint density at radius 1 is 1.30 bits per heavy atom. The summed E-state index contributed by atoms with van der Waals surface area (Å²) in [6, 6.07) is 3.51. The molecule has 2 aromatic heterocycles. The van der Waals surface area contributed by atoms with Gasteiger partial charge in [-0.25, -0.2) is 14.8 Å². The zero-order valence-corrected chi connectivity index (χ0v) is 13.3. The second-order valence-electron chi connectivity index (χ2n) is 5.82. The molecule has 0 saturated carbocycles. The minimum atomic E-state index is -0.598. The van der Waals surface area contributed by atoms with Gasteiger partial charge in [0, 0.05) is 18.6 Å². The minimum Gasteiger partial charge on any atom is -0.444 e. The Kier molecular flexibility index (Phi) is 4.90. The molecule has 0 fully saturated rings. The van der Waals surface area contributed by atoms with Crippen LogP contribution in [0.15, 0.2) is 30.7 Å². The van der Waals surface area contributed by atoms with Gasteiger partial charge in [0.05, 0.1) is 11.4 Å². The fraction of sp³-hybridized carbons (Fsp3) is 0.250. The third-order valence-electron chi connectivity index (χ3n) is 2.52. The topological polar surface area (TPSA) is 103 Å². The molecule has 0 atom stereocenters. The number of nitrogens with one attached hydrogen (secondary N) is 1. The normalized spacial score (nSPS) is 11.4. The maximum atomic E-state index is 11.7. The van der Waals surface area contributed by atoms with Crippen LogP contribution >= 0.6 is 0 Å². The van der Waals surface area contributed by atoms with E-state index in [4.69, 9.17) is 10.5 Å². The molecule has 0 aliphatic carbocycles. The number of nitrogen functional groups attached to an aromatic ring is 1. The van der Waals surface area contributed by atoms with Crippen LogP contribution in [0.1, 0.15) is 32.0 Å². The second-order valence-corrected chi connectivity index (χ2v) is 5.82. The number of ether oxygens (including phenoxy) is 1. The molecule has 120 valence electrons. The first kappa shape index (κ1) is 16.4. The van der Waals surface area contributed by atoms with Crippen LogP contribution < -0.4 is 11.1 Å². The molecule has 2 rings (SSSR count). The Morgan fingerprint density at radius 2 is 2.09 bits per heavy atom. The molecule has 0 aliphatic heterocycles. The Labute approximate surface area is 134 Å². The maximum absolute atomic E-state index is 11.7. The Bertz CT molecular complexity index is 722. The van der Waals surface area contributed by atoms with E-state index in [1.807, 2.05) is 6.08 Å². The molecule has 7 heteroatoms. The van der Waals surface area contributed by atoms with Crippen LogP contribution in [-0.2, 0) is 4.74 Å². The molecule has 0 unspecified atom stereocenters. The van der Waals surface area contributed by atoms with Crippen LogP contribution in [0.25, 0.3) is 12.2 Å². The molecule has 0 saturated heterocycles. The van der Waals surface area contributed by atoms with Gasteiger partial charge in [0.1, 0.15) is 5.60 Å². The van der Waals surface area contributed by atoms with Gasteiger partial charge in [-0.05, 0) is 44.5 Å². The van der Waals surface area contributed by atoms with Crippen LogP contribution in [0.3, 0.4) is 0 Å². The summed E-state index contributed by atoms with van der Waals surface area (Å²) >= 11 is 0. The van der Waals surface area contributed by atoms with E-state index in [-0.39, 0.29) is 5.95 Å². The standard InChI is InChI=1S/C16H19N5O2/c1-16(2,3)23-15(22)21-14-19-7-6-13(20-14)5-4-11-8-12(17)10-18-9-11/h4-10H,17H2,1-3H3,(H,19,20,21,22)/b5-4+. The Morgan fingerprint density at radius 3 is 2.78 bits per heavy atom. The number of hydrogen-bond donors (Lipinski definition) is 2. The summed E-state index contributed by atoms with van der Waals surface area (Å²) in [6.07, 6.45) is 7.82. The van der Waals surface area contributed by atoms with Crippen LogP contribution in [0.5, 0.6) is 0 Å². The molecule has 2 heterocycles. The van der Waals surface area contributed by atoms with Gasteiger partial charge in [-0.15, -0.1) is 0 Å². The number of nitrogens with zero attached hydrogens (tertiary/aromatic N) is 3. The van der Waals surface area contributed by atoms with Crippen molar-refractivity contribution in [2.45, 2.75) is 26.4 Å². The molecule has 0 aliphatic rings. The Balaban J connectivity index is 2.06. The van der Waals surface area contributed by atoms with Crippen LogP contribution in [0.2, 0.25) is 0 Å². The van der Waals surface area contributed by atoms with Crippen molar-refractivity contribution in [3.8, 4) is 0 Å². The predicted molar refractivity (Wildman–Crippen MR) is 89.5 cm³/mol. The Hall–Kier alpha value is -2.96. The van der Waals surface area contributed by atoms with Gasteiger partial charge >= 0.3 is 6.09 Å². The van der Waals surface area contributed by atoms with E-state index in [0.717, 1.165) is 5.56 Å². The average Bonchev–Trinajstić information content (AvgIpc) is 2.43. The molecule has 3 N–H and O–H groups in total. The lowest BCUT2D eigenvalue weighted by Gasteiger charge is -2.19. The lowest BCUT2D eigenvalue weighted by molar-refractivity contribution is 0.0634. The van der Waals surface area contributed by atoms with Crippen molar-refractivity contribution in [3.05, 3.63) is 42.0 Å². The molecule has 7 nitrogen and oxygen atoms in total. The average molecular weight is 313 g/mol. The third kappa shape index (κ3) is 5.74. The van der Waals surface area contributed by atoms with Gasteiger partial charge in [-0.3, -0.25) is 10.3 Å². The summed E-state index contributed by atoms with van der Waals surface area (Å²) in [6.45, 7) is 5.35. The van der Waals surface area contributed by atoms with Crippen molar-refractivity contribution in [3.63, 3.8) is 0 Å². The number of pyridine rings is 1. The fourth-order valence-corrected chi connectivity index (χ4v) is 1.67. The van der Waals surface area contributed by atoms with E-state index in [1.54, 1.807) is 57.6 Å². The first-order valence-corrected chi connectivity index (χ1v) is 7.03. The second kappa shape index (κ2) is 6.87. The van der Waals surface area contributed by atoms with Gasteiger partial charge in [-0.1, -0.05) is 6.08 Å². The maximum Gasteiger partial charge on any atom is 0.414 e. The number of aromatic nitrogens is 3. The molecule has 0 bridgehead atoms. The smallest absolute Gasteiger partial charge is 0.414 e. The number of carbonyl (C=O) groups is 1. The largest absolute Gasteiger partial charge is 0.444 e. The lowest BCUT2D eigenvalue weighted by atomic mass is 10.2. The van der Waals surface area contributed by atoms with E-state index in [9.17, 15) is 4.79 Å². The van der Waals surface area contributed by atoms with Crippen LogP contribution in [0, 0.1) is 0 Å². The van der Waals surface area contributed by atoms with E-state index < -0.39 is 11.7 Å². The fourth-order valence-electron chi connectivity index (χ4n) is 1.67. The number of nitrogens with two attached hydrogens (primary N) is 1. The van der Waals surface area contributed by atoms with E-state index in [2.05, 4.69) is 20.3 Å². The molecule has 2 aromatic rings.